The van der Waals surface area contributed by atoms with Crippen molar-refractivity contribution in [1.29, 1.82) is 0 Å². The molecule has 1 fully saturated rings. The molecule has 2 heterocycles. The summed E-state index contributed by atoms with van der Waals surface area (Å²) < 4.78 is 12.1. The molecule has 2 aromatic carbocycles. The number of likely N-dealkylation sites (tertiary alicyclic amines) is 1. The van der Waals surface area contributed by atoms with Crippen LogP contribution in [0.15, 0.2) is 42.5 Å². The van der Waals surface area contributed by atoms with Gasteiger partial charge < -0.3 is 14.8 Å². The van der Waals surface area contributed by atoms with E-state index in [2.05, 4.69) is 40.5 Å². The second-order valence-electron chi connectivity index (χ2n) is 8.00. The van der Waals surface area contributed by atoms with Crippen LogP contribution in [-0.4, -0.2) is 44.7 Å². The van der Waals surface area contributed by atoms with Crippen molar-refractivity contribution in [2.45, 2.75) is 38.3 Å². The molecule has 1 saturated heterocycles. The molecule has 6 heteroatoms. The normalized spacial score (nSPS) is 16.9. The lowest BCUT2D eigenvalue weighted by molar-refractivity contribution is 0.0964. The van der Waals surface area contributed by atoms with Gasteiger partial charge in [0.1, 0.15) is 0 Å². The molecule has 31 heavy (non-hydrogen) atoms. The van der Waals surface area contributed by atoms with Crippen molar-refractivity contribution in [3.05, 3.63) is 58.5 Å². The first-order chi connectivity index (χ1) is 15.1. The third kappa shape index (κ3) is 4.55. The second kappa shape index (κ2) is 9.71. The number of benzene rings is 2. The van der Waals surface area contributed by atoms with Crippen LogP contribution in [0.3, 0.4) is 0 Å². The van der Waals surface area contributed by atoms with Crippen molar-refractivity contribution in [2.75, 3.05) is 27.8 Å². The molecule has 0 saturated carbocycles. The number of amides is 1. The minimum atomic E-state index is 0.0125. The average Bonchev–Trinajstić information content (AvgIpc) is 3.18. The number of fused-ring (bicyclic) bond motifs is 1. The van der Waals surface area contributed by atoms with Gasteiger partial charge in [0.05, 0.1) is 19.1 Å². The zero-order valence-electron chi connectivity index (χ0n) is 18.4. The molecule has 0 unspecified atom stereocenters. The highest BCUT2D eigenvalue weighted by Crippen LogP contribution is 2.35. The molecular formula is C25H30N2O3S. The highest BCUT2D eigenvalue weighted by molar-refractivity contribution is 7.21. The van der Waals surface area contributed by atoms with Crippen LogP contribution in [0.25, 0.3) is 10.1 Å². The first-order valence-electron chi connectivity index (χ1n) is 10.8. The summed E-state index contributed by atoms with van der Waals surface area (Å²) in [7, 11) is 5.04. The van der Waals surface area contributed by atoms with E-state index in [1.54, 1.807) is 32.6 Å². The molecule has 1 N–H and O–H groups in total. The lowest BCUT2D eigenvalue weighted by atomic mass is 9.93. The zero-order valence-corrected chi connectivity index (χ0v) is 19.3. The van der Waals surface area contributed by atoms with Gasteiger partial charge in [0.2, 0.25) is 0 Å². The molecule has 0 aliphatic carbocycles. The molecule has 0 spiro atoms. The van der Waals surface area contributed by atoms with Crippen molar-refractivity contribution in [3.8, 4) is 11.5 Å². The van der Waals surface area contributed by atoms with Gasteiger partial charge in [0, 0.05) is 24.3 Å². The van der Waals surface area contributed by atoms with Crippen molar-refractivity contribution in [2.24, 2.45) is 0 Å². The first-order valence-corrected chi connectivity index (χ1v) is 11.6. The molecule has 0 bridgehead atoms. The Balaban J connectivity index is 1.61. The SMILES string of the molecule is CNC(=O)c1sc2ccccc2c1C[C@@H]1CCCCN1Cc1ccc(OC)c(OC)c1. The Hall–Kier alpha value is -2.57. The highest BCUT2D eigenvalue weighted by Gasteiger charge is 2.27. The van der Waals surface area contributed by atoms with Gasteiger partial charge in [0.25, 0.3) is 5.91 Å². The maximum Gasteiger partial charge on any atom is 0.261 e. The molecular weight excluding hydrogens is 408 g/mol. The topological polar surface area (TPSA) is 50.8 Å². The molecule has 164 valence electrons. The number of hydrogen-bond acceptors (Lipinski definition) is 5. The lowest BCUT2D eigenvalue weighted by Gasteiger charge is -2.36. The number of methoxy groups -OCH3 is 2. The van der Waals surface area contributed by atoms with E-state index in [1.807, 2.05) is 12.1 Å². The largest absolute Gasteiger partial charge is 0.493 e. The molecule has 5 nitrogen and oxygen atoms in total. The Morgan fingerprint density at radius 1 is 1.13 bits per heavy atom. The van der Waals surface area contributed by atoms with Crippen molar-refractivity contribution < 1.29 is 14.3 Å². The number of carbonyl (C=O) groups is 1. The first kappa shape index (κ1) is 21.7. The van der Waals surface area contributed by atoms with Crippen LogP contribution in [0, 0.1) is 0 Å². The number of nitrogens with zero attached hydrogens (tertiary/aromatic N) is 1. The fraction of sp³-hybridized carbons (Fsp3) is 0.400. The fourth-order valence-corrected chi connectivity index (χ4v) is 5.73. The third-order valence-electron chi connectivity index (χ3n) is 6.15. The summed E-state index contributed by atoms with van der Waals surface area (Å²) in [6, 6.07) is 14.9. The quantitative estimate of drug-likeness (QED) is 0.571. The van der Waals surface area contributed by atoms with Crippen LogP contribution in [0.1, 0.15) is 40.1 Å². The Labute approximate surface area is 188 Å². The predicted octanol–water partition coefficient (Wildman–Crippen LogP) is 4.88. The number of hydrogen-bond donors (Lipinski definition) is 1. The number of nitrogens with one attached hydrogen (secondary N) is 1. The van der Waals surface area contributed by atoms with Gasteiger partial charge in [0.15, 0.2) is 11.5 Å². The van der Waals surface area contributed by atoms with Crippen molar-refractivity contribution >= 4 is 27.3 Å². The molecule has 1 atom stereocenters. The van der Waals surface area contributed by atoms with Gasteiger partial charge >= 0.3 is 0 Å². The number of piperidine rings is 1. The van der Waals surface area contributed by atoms with E-state index in [0.717, 1.165) is 42.3 Å². The summed E-state index contributed by atoms with van der Waals surface area (Å²) in [4.78, 5) is 16.0. The van der Waals surface area contributed by atoms with Gasteiger partial charge in [-0.15, -0.1) is 11.3 Å². The van der Waals surface area contributed by atoms with E-state index in [1.165, 1.54) is 34.1 Å². The summed E-state index contributed by atoms with van der Waals surface area (Å²) in [6.45, 7) is 1.93. The number of carbonyl (C=O) groups excluding carboxylic acids is 1. The van der Waals surface area contributed by atoms with Crippen molar-refractivity contribution in [3.63, 3.8) is 0 Å². The summed E-state index contributed by atoms with van der Waals surface area (Å²) >= 11 is 1.60. The number of ether oxygens (including phenoxy) is 2. The summed E-state index contributed by atoms with van der Waals surface area (Å²) in [5.41, 5.74) is 2.40. The molecule has 1 aromatic heterocycles. The standard InChI is InChI=1S/C25H30N2O3S/c1-26-25(28)24-20(19-9-4-5-10-23(19)31-24)15-18-8-6-7-13-27(18)16-17-11-12-21(29-2)22(14-17)30-3/h4-5,9-12,14,18H,6-8,13,15-16H2,1-3H3,(H,26,28)/t18-/m0/s1. The number of thiophene rings is 1. The molecule has 0 radical (unpaired) electrons. The van der Waals surface area contributed by atoms with Crippen molar-refractivity contribution in [1.82, 2.24) is 10.2 Å². The van der Waals surface area contributed by atoms with E-state index >= 15 is 0 Å². The van der Waals surface area contributed by atoms with Gasteiger partial charge in [-0.2, -0.15) is 0 Å². The van der Waals surface area contributed by atoms with E-state index in [-0.39, 0.29) is 5.91 Å². The Morgan fingerprint density at radius 3 is 2.71 bits per heavy atom. The smallest absolute Gasteiger partial charge is 0.261 e. The van der Waals surface area contributed by atoms with E-state index in [9.17, 15) is 4.79 Å². The minimum Gasteiger partial charge on any atom is -0.493 e. The van der Waals surface area contributed by atoms with Crippen LogP contribution in [0.5, 0.6) is 11.5 Å². The van der Waals surface area contributed by atoms with Gasteiger partial charge in [-0.1, -0.05) is 30.7 Å². The van der Waals surface area contributed by atoms with E-state index in [0.29, 0.717) is 6.04 Å². The average molecular weight is 439 g/mol. The Bertz CT molecular complexity index is 1060. The molecule has 1 aliphatic rings. The molecule has 4 rings (SSSR count). The van der Waals surface area contributed by atoms with Gasteiger partial charge in [-0.3, -0.25) is 9.69 Å². The predicted molar refractivity (Wildman–Crippen MR) is 127 cm³/mol. The van der Waals surface area contributed by atoms with E-state index < -0.39 is 0 Å². The molecule has 1 aliphatic heterocycles. The van der Waals surface area contributed by atoms with Gasteiger partial charge in [-0.05, 0) is 60.5 Å². The summed E-state index contributed by atoms with van der Waals surface area (Å²) in [5.74, 6) is 1.53. The second-order valence-corrected chi connectivity index (χ2v) is 9.05. The monoisotopic (exact) mass is 438 g/mol. The maximum absolute atomic E-state index is 12.6. The highest BCUT2D eigenvalue weighted by atomic mass is 32.1. The lowest BCUT2D eigenvalue weighted by Crippen LogP contribution is -2.40. The van der Waals surface area contributed by atoms with Crippen LogP contribution < -0.4 is 14.8 Å². The molecule has 1 amide bonds. The molecule has 3 aromatic rings. The van der Waals surface area contributed by atoms with E-state index in [4.69, 9.17) is 9.47 Å². The Kier molecular flexibility index (Phi) is 6.78. The van der Waals surface area contributed by atoms with Crippen LogP contribution in [0.4, 0.5) is 0 Å². The fourth-order valence-electron chi connectivity index (χ4n) is 4.55. The van der Waals surface area contributed by atoms with Crippen LogP contribution in [-0.2, 0) is 13.0 Å². The van der Waals surface area contributed by atoms with Gasteiger partial charge in [-0.25, -0.2) is 0 Å². The van der Waals surface area contributed by atoms with Crippen LogP contribution in [0.2, 0.25) is 0 Å². The maximum atomic E-state index is 12.6. The Morgan fingerprint density at radius 2 is 1.94 bits per heavy atom. The minimum absolute atomic E-state index is 0.0125. The van der Waals surface area contributed by atoms with Crippen LogP contribution >= 0.6 is 11.3 Å². The summed E-state index contributed by atoms with van der Waals surface area (Å²) in [6.07, 6.45) is 4.46. The third-order valence-corrected chi connectivity index (χ3v) is 7.37. The summed E-state index contributed by atoms with van der Waals surface area (Å²) in [5, 5.41) is 4.04. The number of rotatable bonds is 7. The zero-order chi connectivity index (χ0) is 21.8.